The number of pyridine rings is 1. The number of hydrogen-bond donors (Lipinski definition) is 1. The lowest BCUT2D eigenvalue weighted by Gasteiger charge is -2.09. The van der Waals surface area contributed by atoms with Crippen LogP contribution in [0.5, 0.6) is 0 Å². The number of unbranched alkanes of at least 4 members (excludes halogenated alkanes) is 1. The van der Waals surface area contributed by atoms with Crippen molar-refractivity contribution in [2.45, 2.75) is 19.4 Å². The summed E-state index contributed by atoms with van der Waals surface area (Å²) in [5.74, 6) is 0. The fourth-order valence-electron chi connectivity index (χ4n) is 1.41. The second-order valence-corrected chi connectivity index (χ2v) is 4.04. The van der Waals surface area contributed by atoms with E-state index in [1.54, 1.807) is 0 Å². The molecule has 0 fully saturated rings. The Morgan fingerprint density at radius 1 is 1.20 bits per heavy atom. The summed E-state index contributed by atoms with van der Waals surface area (Å²) in [5, 5.41) is 3.43. The standard InChI is InChI=1S/C12H21N3/c1-15(2)10-4-3-7-14-11-12-5-8-13-9-6-12/h5-6,8-9,14H,3-4,7,10-11H2,1-2H3. The number of aromatic nitrogens is 1. The van der Waals surface area contributed by atoms with Crippen LogP contribution in [0.1, 0.15) is 18.4 Å². The Morgan fingerprint density at radius 3 is 2.60 bits per heavy atom. The van der Waals surface area contributed by atoms with Crippen molar-refractivity contribution in [1.82, 2.24) is 15.2 Å². The Balaban J connectivity index is 1.98. The van der Waals surface area contributed by atoms with Crippen LogP contribution in [0.3, 0.4) is 0 Å². The molecule has 1 N–H and O–H groups in total. The molecule has 0 saturated heterocycles. The third-order valence-corrected chi connectivity index (χ3v) is 2.29. The van der Waals surface area contributed by atoms with E-state index >= 15 is 0 Å². The second kappa shape index (κ2) is 7.37. The van der Waals surface area contributed by atoms with Gasteiger partial charge in [0.15, 0.2) is 0 Å². The predicted molar refractivity (Wildman–Crippen MR) is 63.7 cm³/mol. The minimum Gasteiger partial charge on any atom is -0.313 e. The van der Waals surface area contributed by atoms with Gasteiger partial charge in [0, 0.05) is 18.9 Å². The summed E-state index contributed by atoms with van der Waals surface area (Å²) in [7, 11) is 4.23. The fraction of sp³-hybridized carbons (Fsp3) is 0.583. The molecule has 0 spiro atoms. The van der Waals surface area contributed by atoms with Crippen LogP contribution in [0.4, 0.5) is 0 Å². The van der Waals surface area contributed by atoms with Crippen LogP contribution >= 0.6 is 0 Å². The summed E-state index contributed by atoms with van der Waals surface area (Å²) in [6.07, 6.45) is 6.17. The molecule has 3 nitrogen and oxygen atoms in total. The molecule has 1 rings (SSSR count). The number of hydrogen-bond acceptors (Lipinski definition) is 3. The zero-order chi connectivity index (χ0) is 10.9. The first kappa shape index (κ1) is 12.1. The van der Waals surface area contributed by atoms with Gasteiger partial charge in [0.1, 0.15) is 0 Å². The normalized spacial score (nSPS) is 10.9. The highest BCUT2D eigenvalue weighted by molar-refractivity contribution is 5.08. The van der Waals surface area contributed by atoms with Gasteiger partial charge in [0.2, 0.25) is 0 Å². The lowest BCUT2D eigenvalue weighted by atomic mass is 10.2. The van der Waals surface area contributed by atoms with Gasteiger partial charge in [-0.25, -0.2) is 0 Å². The molecule has 1 heterocycles. The SMILES string of the molecule is CN(C)CCCCNCc1ccncc1. The first-order valence-electron chi connectivity index (χ1n) is 5.53. The topological polar surface area (TPSA) is 28.2 Å². The molecule has 0 saturated carbocycles. The van der Waals surface area contributed by atoms with Crippen molar-refractivity contribution in [2.75, 3.05) is 27.2 Å². The molecule has 0 aliphatic heterocycles. The Kier molecular flexibility index (Phi) is 5.97. The minimum absolute atomic E-state index is 0.949. The molecule has 1 aromatic heterocycles. The largest absolute Gasteiger partial charge is 0.313 e. The first-order valence-corrected chi connectivity index (χ1v) is 5.53. The molecule has 3 heteroatoms. The third kappa shape index (κ3) is 6.20. The average molecular weight is 207 g/mol. The van der Waals surface area contributed by atoms with E-state index in [0.717, 1.165) is 13.1 Å². The van der Waals surface area contributed by atoms with Gasteiger partial charge < -0.3 is 10.2 Å². The van der Waals surface area contributed by atoms with Crippen molar-refractivity contribution in [2.24, 2.45) is 0 Å². The minimum atomic E-state index is 0.949. The number of rotatable bonds is 7. The lowest BCUT2D eigenvalue weighted by molar-refractivity contribution is 0.391. The first-order chi connectivity index (χ1) is 7.29. The van der Waals surface area contributed by atoms with E-state index in [1.807, 2.05) is 24.5 Å². The molecule has 84 valence electrons. The van der Waals surface area contributed by atoms with Gasteiger partial charge in [-0.1, -0.05) is 0 Å². The fourth-order valence-corrected chi connectivity index (χ4v) is 1.41. The Hall–Kier alpha value is -0.930. The van der Waals surface area contributed by atoms with Crippen LogP contribution < -0.4 is 5.32 Å². The zero-order valence-corrected chi connectivity index (χ0v) is 9.74. The van der Waals surface area contributed by atoms with Gasteiger partial charge in [0.05, 0.1) is 0 Å². The van der Waals surface area contributed by atoms with Gasteiger partial charge in [-0.2, -0.15) is 0 Å². The average Bonchev–Trinajstić information content (AvgIpc) is 2.24. The number of nitrogens with zero attached hydrogens (tertiary/aromatic N) is 2. The van der Waals surface area contributed by atoms with Crippen LogP contribution in [-0.4, -0.2) is 37.1 Å². The molecule has 0 aliphatic rings. The van der Waals surface area contributed by atoms with Crippen molar-refractivity contribution in [3.05, 3.63) is 30.1 Å². The Morgan fingerprint density at radius 2 is 1.93 bits per heavy atom. The molecule has 1 aromatic rings. The summed E-state index contributed by atoms with van der Waals surface area (Å²) in [5.41, 5.74) is 1.30. The summed E-state index contributed by atoms with van der Waals surface area (Å²) in [6, 6.07) is 4.10. The van der Waals surface area contributed by atoms with Crippen LogP contribution in [0, 0.1) is 0 Å². The molecule has 0 bridgehead atoms. The van der Waals surface area contributed by atoms with E-state index < -0.39 is 0 Å². The predicted octanol–water partition coefficient (Wildman–Crippen LogP) is 1.51. The monoisotopic (exact) mass is 207 g/mol. The zero-order valence-electron chi connectivity index (χ0n) is 9.74. The molecule has 15 heavy (non-hydrogen) atoms. The molecule has 0 atom stereocenters. The highest BCUT2D eigenvalue weighted by atomic mass is 15.0. The van der Waals surface area contributed by atoms with Crippen LogP contribution in [0.25, 0.3) is 0 Å². The molecule has 0 aliphatic carbocycles. The molecule has 0 amide bonds. The molecule has 0 aromatic carbocycles. The maximum atomic E-state index is 3.99. The van der Waals surface area contributed by atoms with E-state index in [1.165, 1.54) is 24.9 Å². The van der Waals surface area contributed by atoms with Gasteiger partial charge in [-0.05, 0) is 57.7 Å². The van der Waals surface area contributed by atoms with Crippen molar-refractivity contribution < 1.29 is 0 Å². The van der Waals surface area contributed by atoms with Crippen molar-refractivity contribution >= 4 is 0 Å². The maximum Gasteiger partial charge on any atom is 0.0271 e. The van der Waals surface area contributed by atoms with Crippen molar-refractivity contribution in [3.8, 4) is 0 Å². The summed E-state index contributed by atoms with van der Waals surface area (Å²) >= 11 is 0. The highest BCUT2D eigenvalue weighted by Gasteiger charge is 1.92. The highest BCUT2D eigenvalue weighted by Crippen LogP contribution is 1.95. The summed E-state index contributed by atoms with van der Waals surface area (Å²) in [6.45, 7) is 3.22. The maximum absolute atomic E-state index is 3.99. The molecular weight excluding hydrogens is 186 g/mol. The van der Waals surface area contributed by atoms with E-state index in [9.17, 15) is 0 Å². The van der Waals surface area contributed by atoms with E-state index in [0.29, 0.717) is 0 Å². The third-order valence-electron chi connectivity index (χ3n) is 2.29. The van der Waals surface area contributed by atoms with E-state index in [-0.39, 0.29) is 0 Å². The number of nitrogens with one attached hydrogen (secondary N) is 1. The van der Waals surface area contributed by atoms with E-state index in [2.05, 4.69) is 29.3 Å². The molecular formula is C12H21N3. The van der Waals surface area contributed by atoms with Gasteiger partial charge >= 0.3 is 0 Å². The molecule has 0 unspecified atom stereocenters. The Labute approximate surface area is 92.5 Å². The van der Waals surface area contributed by atoms with Crippen LogP contribution in [0.15, 0.2) is 24.5 Å². The Bertz CT molecular complexity index is 246. The van der Waals surface area contributed by atoms with E-state index in [4.69, 9.17) is 0 Å². The van der Waals surface area contributed by atoms with Crippen LogP contribution in [0.2, 0.25) is 0 Å². The summed E-state index contributed by atoms with van der Waals surface area (Å²) < 4.78 is 0. The van der Waals surface area contributed by atoms with Gasteiger partial charge in [0.25, 0.3) is 0 Å². The van der Waals surface area contributed by atoms with Crippen molar-refractivity contribution in [3.63, 3.8) is 0 Å². The van der Waals surface area contributed by atoms with Crippen molar-refractivity contribution in [1.29, 1.82) is 0 Å². The summed E-state index contributed by atoms with van der Waals surface area (Å²) in [4.78, 5) is 6.21. The lowest BCUT2D eigenvalue weighted by Crippen LogP contribution is -2.18. The van der Waals surface area contributed by atoms with Gasteiger partial charge in [-0.15, -0.1) is 0 Å². The quantitative estimate of drug-likeness (QED) is 0.687. The van der Waals surface area contributed by atoms with Gasteiger partial charge in [-0.3, -0.25) is 4.98 Å². The molecule has 0 radical (unpaired) electrons. The second-order valence-electron chi connectivity index (χ2n) is 4.04. The smallest absolute Gasteiger partial charge is 0.0271 e. The van der Waals surface area contributed by atoms with Crippen LogP contribution in [-0.2, 0) is 6.54 Å².